The van der Waals surface area contributed by atoms with Crippen LogP contribution in [0.25, 0.3) is 0 Å². The molecule has 0 saturated carbocycles. The van der Waals surface area contributed by atoms with Crippen molar-refractivity contribution in [3.8, 4) is 0 Å². The Balaban J connectivity index is 2.14. The van der Waals surface area contributed by atoms with Gasteiger partial charge in [0, 0.05) is 24.0 Å². The van der Waals surface area contributed by atoms with Crippen LogP contribution in [-0.2, 0) is 0 Å². The molecule has 0 radical (unpaired) electrons. The minimum Gasteiger partial charge on any atom is -0.456 e. The number of nitrogens with zero attached hydrogens (tertiary/aromatic N) is 1. The number of aryl methyl sites for hydroxylation is 2. The van der Waals surface area contributed by atoms with Crippen molar-refractivity contribution in [3.05, 3.63) is 63.5 Å². The van der Waals surface area contributed by atoms with E-state index in [-0.39, 0.29) is 17.2 Å². The van der Waals surface area contributed by atoms with Crippen molar-refractivity contribution in [2.24, 2.45) is 0 Å². The maximum absolute atomic E-state index is 12.0. The molecule has 0 saturated heterocycles. The van der Waals surface area contributed by atoms with E-state index in [2.05, 4.69) is 10.3 Å². The Kier molecular flexibility index (Phi) is 3.98. The number of nitrogens with one attached hydrogen (secondary N) is 1. The molecule has 1 atom stereocenters. The van der Waals surface area contributed by atoms with Gasteiger partial charge in [0.1, 0.15) is 5.76 Å². The molecule has 2 rings (SSSR count). The number of hydrogen-bond donors (Lipinski definition) is 1. The molecule has 0 aliphatic heterocycles. The Labute approximate surface area is 116 Å². The summed E-state index contributed by atoms with van der Waals surface area (Å²) in [5.41, 5.74) is 1.56. The maximum Gasteiger partial charge on any atom is 0.287 e. The third-order valence-electron chi connectivity index (χ3n) is 2.90. The van der Waals surface area contributed by atoms with Gasteiger partial charge in [-0.3, -0.25) is 14.6 Å². The Bertz CT molecular complexity index is 674. The molecule has 20 heavy (non-hydrogen) atoms. The zero-order valence-electron chi connectivity index (χ0n) is 11.6. The summed E-state index contributed by atoms with van der Waals surface area (Å²) in [6.07, 6.45) is 1.71. The predicted molar refractivity (Wildman–Crippen MR) is 74.6 cm³/mol. The molecule has 2 aromatic heterocycles. The SMILES string of the molecule is Cc1ccc([C@@H](C)NC(=O)c2cc(=O)cc(C)o2)cn1. The van der Waals surface area contributed by atoms with Crippen LogP contribution < -0.4 is 10.7 Å². The summed E-state index contributed by atoms with van der Waals surface area (Å²) in [5, 5.41) is 2.77. The summed E-state index contributed by atoms with van der Waals surface area (Å²) >= 11 is 0. The highest BCUT2D eigenvalue weighted by Gasteiger charge is 2.14. The Morgan fingerprint density at radius 1 is 1.30 bits per heavy atom. The van der Waals surface area contributed by atoms with Crippen LogP contribution in [0.3, 0.4) is 0 Å². The van der Waals surface area contributed by atoms with Gasteiger partial charge in [-0.25, -0.2) is 0 Å². The average molecular weight is 272 g/mol. The van der Waals surface area contributed by atoms with Crippen LogP contribution in [0.15, 0.2) is 39.7 Å². The fourth-order valence-electron chi connectivity index (χ4n) is 1.80. The first-order valence-electron chi connectivity index (χ1n) is 6.31. The lowest BCUT2D eigenvalue weighted by molar-refractivity contribution is 0.0907. The molecule has 5 nitrogen and oxygen atoms in total. The molecule has 2 aromatic rings. The average Bonchev–Trinajstić information content (AvgIpc) is 2.38. The molecule has 0 unspecified atom stereocenters. The molecule has 0 fully saturated rings. The molecule has 0 aromatic carbocycles. The van der Waals surface area contributed by atoms with E-state index < -0.39 is 5.91 Å². The summed E-state index contributed by atoms with van der Waals surface area (Å²) in [5.74, 6) is 0.00750. The van der Waals surface area contributed by atoms with Gasteiger partial charge in [0.2, 0.25) is 0 Å². The minimum absolute atomic E-state index is 0.0157. The highest BCUT2D eigenvalue weighted by Crippen LogP contribution is 2.12. The first-order chi connectivity index (χ1) is 9.45. The van der Waals surface area contributed by atoms with Crippen molar-refractivity contribution in [3.63, 3.8) is 0 Å². The van der Waals surface area contributed by atoms with Gasteiger partial charge >= 0.3 is 0 Å². The lowest BCUT2D eigenvalue weighted by Gasteiger charge is -2.13. The largest absolute Gasteiger partial charge is 0.456 e. The number of carbonyl (C=O) groups is 1. The van der Waals surface area contributed by atoms with E-state index in [0.29, 0.717) is 5.76 Å². The third kappa shape index (κ3) is 3.32. The first-order valence-corrected chi connectivity index (χ1v) is 6.31. The van der Waals surface area contributed by atoms with Gasteiger partial charge in [0.05, 0.1) is 6.04 Å². The van der Waals surface area contributed by atoms with Gasteiger partial charge in [-0.2, -0.15) is 0 Å². The van der Waals surface area contributed by atoms with Crippen molar-refractivity contribution >= 4 is 5.91 Å². The van der Waals surface area contributed by atoms with E-state index in [9.17, 15) is 9.59 Å². The number of aromatic nitrogens is 1. The zero-order valence-corrected chi connectivity index (χ0v) is 11.6. The van der Waals surface area contributed by atoms with Crippen LogP contribution in [0.2, 0.25) is 0 Å². The number of carbonyl (C=O) groups excluding carboxylic acids is 1. The molecule has 2 heterocycles. The van der Waals surface area contributed by atoms with Crippen molar-refractivity contribution in [1.29, 1.82) is 0 Å². The van der Waals surface area contributed by atoms with Crippen molar-refractivity contribution in [1.82, 2.24) is 10.3 Å². The molecule has 5 heteroatoms. The van der Waals surface area contributed by atoms with Crippen LogP contribution in [0, 0.1) is 13.8 Å². The molecular weight excluding hydrogens is 256 g/mol. The number of hydrogen-bond acceptors (Lipinski definition) is 4. The Hall–Kier alpha value is -2.43. The topological polar surface area (TPSA) is 72.2 Å². The van der Waals surface area contributed by atoms with E-state index >= 15 is 0 Å². The van der Waals surface area contributed by atoms with E-state index in [0.717, 1.165) is 11.3 Å². The fraction of sp³-hybridized carbons (Fsp3) is 0.267. The standard InChI is InChI=1S/C15H16N2O3/c1-9-4-5-12(8-16-9)11(3)17-15(19)14-7-13(18)6-10(2)20-14/h4-8,11H,1-3H3,(H,17,19)/t11-/m1/s1. The highest BCUT2D eigenvalue weighted by atomic mass is 16.3. The van der Waals surface area contributed by atoms with Crippen molar-refractivity contribution < 1.29 is 9.21 Å². The second-order valence-corrected chi connectivity index (χ2v) is 4.70. The summed E-state index contributed by atoms with van der Waals surface area (Å²) in [7, 11) is 0. The second kappa shape index (κ2) is 5.69. The lowest BCUT2D eigenvalue weighted by Crippen LogP contribution is -2.27. The van der Waals surface area contributed by atoms with E-state index in [1.54, 1.807) is 13.1 Å². The van der Waals surface area contributed by atoms with Crippen molar-refractivity contribution in [2.75, 3.05) is 0 Å². The number of pyridine rings is 1. The third-order valence-corrected chi connectivity index (χ3v) is 2.90. The monoisotopic (exact) mass is 272 g/mol. The van der Waals surface area contributed by atoms with Crippen LogP contribution >= 0.6 is 0 Å². The molecule has 1 N–H and O–H groups in total. The smallest absolute Gasteiger partial charge is 0.287 e. The van der Waals surface area contributed by atoms with Gasteiger partial charge in [-0.05, 0) is 32.4 Å². The molecule has 0 aliphatic rings. The number of amides is 1. The maximum atomic E-state index is 12.0. The summed E-state index contributed by atoms with van der Waals surface area (Å²) in [6, 6.07) is 6.08. The minimum atomic E-state index is -0.418. The molecule has 0 aliphatic carbocycles. The lowest BCUT2D eigenvalue weighted by atomic mass is 10.1. The van der Waals surface area contributed by atoms with Crippen molar-refractivity contribution in [2.45, 2.75) is 26.8 Å². The van der Waals surface area contributed by atoms with Gasteiger partial charge in [0.15, 0.2) is 11.2 Å². The Morgan fingerprint density at radius 2 is 2.05 bits per heavy atom. The van der Waals surface area contributed by atoms with Crippen LogP contribution in [0.4, 0.5) is 0 Å². The highest BCUT2D eigenvalue weighted by molar-refractivity contribution is 5.91. The molecular formula is C15H16N2O3. The fourth-order valence-corrected chi connectivity index (χ4v) is 1.80. The quantitative estimate of drug-likeness (QED) is 0.929. The summed E-state index contributed by atoms with van der Waals surface area (Å²) in [4.78, 5) is 27.6. The van der Waals surface area contributed by atoms with Crippen LogP contribution in [-0.4, -0.2) is 10.9 Å². The van der Waals surface area contributed by atoms with Gasteiger partial charge in [-0.1, -0.05) is 6.07 Å². The summed E-state index contributed by atoms with van der Waals surface area (Å²) < 4.78 is 5.25. The van der Waals surface area contributed by atoms with Crippen LogP contribution in [0.1, 0.15) is 40.5 Å². The second-order valence-electron chi connectivity index (χ2n) is 4.70. The number of rotatable bonds is 3. The van der Waals surface area contributed by atoms with Crippen LogP contribution in [0.5, 0.6) is 0 Å². The molecule has 0 spiro atoms. The molecule has 104 valence electrons. The summed E-state index contributed by atoms with van der Waals surface area (Å²) in [6.45, 7) is 5.37. The predicted octanol–water partition coefficient (Wildman–Crippen LogP) is 2.14. The normalized spacial score (nSPS) is 11.9. The first kappa shape index (κ1) is 14.0. The molecule has 0 bridgehead atoms. The Morgan fingerprint density at radius 3 is 2.65 bits per heavy atom. The zero-order chi connectivity index (χ0) is 14.7. The van der Waals surface area contributed by atoms with E-state index in [4.69, 9.17) is 4.42 Å². The van der Waals surface area contributed by atoms with Gasteiger partial charge in [-0.15, -0.1) is 0 Å². The van der Waals surface area contributed by atoms with Gasteiger partial charge in [0.25, 0.3) is 5.91 Å². The molecule has 1 amide bonds. The van der Waals surface area contributed by atoms with E-state index in [1.165, 1.54) is 12.1 Å². The van der Waals surface area contributed by atoms with Gasteiger partial charge < -0.3 is 9.73 Å². The van der Waals surface area contributed by atoms with E-state index in [1.807, 2.05) is 26.0 Å².